The van der Waals surface area contributed by atoms with Gasteiger partial charge in [-0.05, 0) is 117 Å². The summed E-state index contributed by atoms with van der Waals surface area (Å²) in [4.78, 5) is 5.27. The van der Waals surface area contributed by atoms with Gasteiger partial charge in [-0.1, -0.05) is 123 Å². The van der Waals surface area contributed by atoms with Crippen LogP contribution in [-0.2, 0) is 5.41 Å². The normalized spacial score (nSPS) is 13.4. The molecule has 0 atom stereocenters. The largest absolute Gasteiger partial charge is 0.437 e. The van der Waals surface area contributed by atoms with Crippen LogP contribution in [0.1, 0.15) is 25.0 Å². The summed E-state index contributed by atoms with van der Waals surface area (Å²) in [5.41, 5.74) is 19.4. The molecule has 8 aromatic carbocycles. The Kier molecular flexibility index (Phi) is 6.44. The molecule has 5 nitrogen and oxygen atoms in total. The quantitative estimate of drug-likeness (QED) is 0.179. The van der Waals surface area contributed by atoms with Crippen molar-refractivity contribution in [3.05, 3.63) is 193 Å². The van der Waals surface area contributed by atoms with Crippen LogP contribution < -0.4 is 0 Å². The third-order valence-electron chi connectivity index (χ3n) is 12.9. The van der Waals surface area contributed by atoms with E-state index in [1.807, 2.05) is 18.2 Å². The number of imidazole rings is 2. The van der Waals surface area contributed by atoms with Crippen molar-refractivity contribution in [2.45, 2.75) is 19.3 Å². The molecule has 0 aliphatic heterocycles. The van der Waals surface area contributed by atoms with E-state index in [-0.39, 0.29) is 5.41 Å². The van der Waals surface area contributed by atoms with Crippen LogP contribution >= 0.6 is 0 Å². The SMILES string of the molecule is CC1(C)c2ccccc2-c2ccc(-c3ccc(-n4c5ccccc5c5cc(-c6ccc7c(c6)nc6n(-c8ccccc8)c8oc9ccccc9c8n76)ccc54)cc3)cc21. The van der Waals surface area contributed by atoms with Gasteiger partial charge in [0.2, 0.25) is 11.5 Å². The molecule has 0 unspecified atom stereocenters. The Bertz CT molecular complexity index is 3690. The fourth-order valence-electron chi connectivity index (χ4n) is 10.0. The van der Waals surface area contributed by atoms with Gasteiger partial charge in [-0.15, -0.1) is 0 Å². The van der Waals surface area contributed by atoms with E-state index < -0.39 is 0 Å². The second-order valence-electron chi connectivity index (χ2n) is 16.4. The lowest BCUT2D eigenvalue weighted by Crippen LogP contribution is -2.14. The van der Waals surface area contributed by atoms with Crippen LogP contribution in [0.3, 0.4) is 0 Å². The summed E-state index contributed by atoms with van der Waals surface area (Å²) < 4.78 is 13.3. The van der Waals surface area contributed by atoms with Gasteiger partial charge < -0.3 is 8.98 Å². The smallest absolute Gasteiger partial charge is 0.232 e. The van der Waals surface area contributed by atoms with Gasteiger partial charge >= 0.3 is 0 Å². The zero-order valence-corrected chi connectivity index (χ0v) is 32.5. The summed E-state index contributed by atoms with van der Waals surface area (Å²) >= 11 is 0. The molecule has 0 saturated carbocycles. The average Bonchev–Trinajstić information content (AvgIpc) is 4.06. The van der Waals surface area contributed by atoms with Crippen molar-refractivity contribution >= 4 is 60.8 Å². The minimum absolute atomic E-state index is 0.0303. The first kappa shape index (κ1) is 32.5. The Hall–Kier alpha value is -7.63. The number of rotatable bonds is 4. The molecule has 0 saturated heterocycles. The maximum absolute atomic E-state index is 6.49. The molecule has 59 heavy (non-hydrogen) atoms. The maximum Gasteiger partial charge on any atom is 0.232 e. The second-order valence-corrected chi connectivity index (χ2v) is 16.4. The minimum Gasteiger partial charge on any atom is -0.437 e. The molecule has 1 aliphatic carbocycles. The fraction of sp³-hybridized carbons (Fsp3) is 0.0556. The summed E-state index contributed by atoms with van der Waals surface area (Å²) in [6, 6.07) is 65.8. The number of hydrogen-bond donors (Lipinski definition) is 0. The molecule has 5 heteroatoms. The van der Waals surface area contributed by atoms with Crippen LogP contribution in [0.4, 0.5) is 0 Å². The third kappa shape index (κ3) is 4.47. The molecule has 278 valence electrons. The topological polar surface area (TPSA) is 40.3 Å². The molecule has 4 heterocycles. The van der Waals surface area contributed by atoms with Crippen molar-refractivity contribution in [3.8, 4) is 44.8 Å². The van der Waals surface area contributed by atoms with Crippen LogP contribution in [-0.4, -0.2) is 18.5 Å². The van der Waals surface area contributed by atoms with Crippen molar-refractivity contribution in [1.29, 1.82) is 0 Å². The predicted molar refractivity (Wildman–Crippen MR) is 242 cm³/mol. The van der Waals surface area contributed by atoms with Gasteiger partial charge in [0.1, 0.15) is 11.1 Å². The lowest BCUT2D eigenvalue weighted by molar-refractivity contribution is 0.645. The number of furan rings is 1. The van der Waals surface area contributed by atoms with E-state index in [4.69, 9.17) is 9.40 Å². The van der Waals surface area contributed by atoms with E-state index in [0.717, 1.165) is 61.5 Å². The summed E-state index contributed by atoms with van der Waals surface area (Å²) in [7, 11) is 0. The first-order chi connectivity index (χ1) is 29.0. The highest BCUT2D eigenvalue weighted by atomic mass is 16.3. The van der Waals surface area contributed by atoms with Gasteiger partial charge in [0, 0.05) is 27.3 Å². The number of hydrogen-bond acceptors (Lipinski definition) is 2. The summed E-state index contributed by atoms with van der Waals surface area (Å²) in [6.07, 6.45) is 0. The van der Waals surface area contributed by atoms with E-state index in [1.165, 1.54) is 55.2 Å². The zero-order chi connectivity index (χ0) is 39.0. The Morgan fingerprint density at radius 1 is 0.458 bits per heavy atom. The van der Waals surface area contributed by atoms with E-state index >= 15 is 0 Å². The third-order valence-corrected chi connectivity index (χ3v) is 12.9. The Balaban J connectivity index is 0.911. The number of aromatic nitrogens is 4. The van der Waals surface area contributed by atoms with Crippen LogP contribution in [0, 0.1) is 0 Å². The first-order valence-corrected chi connectivity index (χ1v) is 20.3. The molecule has 0 amide bonds. The summed E-state index contributed by atoms with van der Waals surface area (Å²) in [6.45, 7) is 4.69. The van der Waals surface area contributed by atoms with Crippen LogP contribution in [0.5, 0.6) is 0 Å². The van der Waals surface area contributed by atoms with E-state index in [9.17, 15) is 0 Å². The maximum atomic E-state index is 6.49. The number of benzene rings is 8. The molecule has 0 N–H and O–H groups in total. The molecule has 0 fully saturated rings. The van der Waals surface area contributed by atoms with Gasteiger partial charge in [-0.25, -0.2) is 9.55 Å². The van der Waals surface area contributed by atoms with Gasteiger partial charge in [0.25, 0.3) is 0 Å². The number of para-hydroxylation sites is 3. The first-order valence-electron chi connectivity index (χ1n) is 20.3. The lowest BCUT2D eigenvalue weighted by Gasteiger charge is -2.22. The summed E-state index contributed by atoms with van der Waals surface area (Å²) in [5.74, 6) is 0.831. The fourth-order valence-corrected chi connectivity index (χ4v) is 10.0. The monoisotopic (exact) mass is 756 g/mol. The molecular weight excluding hydrogens is 721 g/mol. The van der Waals surface area contributed by atoms with Gasteiger partial charge in [-0.3, -0.25) is 4.40 Å². The van der Waals surface area contributed by atoms with Gasteiger partial charge in [-0.2, -0.15) is 0 Å². The standard InChI is InChI=1S/C54H36N4O/c1-54(2)44-17-9-6-14-39(44)40-27-22-35(31-45(40)54)33-20-25-38(26-21-33)56-47-18-10-7-15-41(47)43-30-34(23-28-48(43)56)36-24-29-49-46(32-36)55-53-57(37-12-4-3-5-13-37)52-51(58(49)53)42-16-8-11-19-50(42)59-52/h3-32H,1-2H3. The van der Waals surface area contributed by atoms with E-state index in [0.29, 0.717) is 0 Å². The van der Waals surface area contributed by atoms with Gasteiger partial charge in [0.05, 0.1) is 27.8 Å². The highest BCUT2D eigenvalue weighted by Crippen LogP contribution is 2.49. The molecule has 0 bridgehead atoms. The minimum atomic E-state index is -0.0303. The van der Waals surface area contributed by atoms with E-state index in [1.54, 1.807) is 0 Å². The van der Waals surface area contributed by atoms with Crippen LogP contribution in [0.25, 0.3) is 106 Å². The Morgan fingerprint density at radius 2 is 1.08 bits per heavy atom. The molecule has 4 aromatic heterocycles. The molecule has 1 aliphatic rings. The molecule has 13 rings (SSSR count). The average molecular weight is 757 g/mol. The van der Waals surface area contributed by atoms with Crippen LogP contribution in [0.2, 0.25) is 0 Å². The van der Waals surface area contributed by atoms with Crippen molar-refractivity contribution in [3.63, 3.8) is 0 Å². The van der Waals surface area contributed by atoms with Crippen molar-refractivity contribution in [2.75, 3.05) is 0 Å². The highest BCUT2D eigenvalue weighted by molar-refractivity contribution is 6.11. The Morgan fingerprint density at radius 3 is 1.95 bits per heavy atom. The number of nitrogens with zero attached hydrogens (tertiary/aromatic N) is 4. The van der Waals surface area contributed by atoms with Crippen molar-refractivity contribution < 1.29 is 4.42 Å². The highest BCUT2D eigenvalue weighted by Gasteiger charge is 2.35. The number of fused-ring (bicyclic) bond motifs is 13. The summed E-state index contributed by atoms with van der Waals surface area (Å²) in [5, 5.41) is 3.52. The zero-order valence-electron chi connectivity index (χ0n) is 32.5. The van der Waals surface area contributed by atoms with Gasteiger partial charge in [0.15, 0.2) is 0 Å². The van der Waals surface area contributed by atoms with Crippen molar-refractivity contribution in [1.82, 2.24) is 18.5 Å². The molecule has 0 radical (unpaired) electrons. The van der Waals surface area contributed by atoms with Crippen LogP contribution in [0.15, 0.2) is 186 Å². The molecule has 0 spiro atoms. The van der Waals surface area contributed by atoms with Crippen molar-refractivity contribution in [2.24, 2.45) is 0 Å². The lowest BCUT2D eigenvalue weighted by atomic mass is 9.81. The van der Waals surface area contributed by atoms with E-state index in [2.05, 4.69) is 191 Å². The molecular formula is C54H36N4O. The predicted octanol–water partition coefficient (Wildman–Crippen LogP) is 13.9. The second kappa shape index (κ2) is 11.7. The Labute approximate surface area is 339 Å². The molecule has 12 aromatic rings.